The van der Waals surface area contributed by atoms with Crippen LogP contribution in [-0.2, 0) is 19.9 Å². The summed E-state index contributed by atoms with van der Waals surface area (Å²) in [5.74, 6) is 1.21. The van der Waals surface area contributed by atoms with Crippen LogP contribution >= 0.6 is 11.6 Å². The van der Waals surface area contributed by atoms with Crippen molar-refractivity contribution in [3.8, 4) is 0 Å². The topological polar surface area (TPSA) is 55.6 Å². The number of benzene rings is 1. The number of aromatic nitrogens is 4. The highest BCUT2D eigenvalue weighted by atomic mass is 35.5. The zero-order chi connectivity index (χ0) is 13.7. The molecular formula is C13H18ClN5. The van der Waals surface area contributed by atoms with Gasteiger partial charge in [-0.25, -0.2) is 0 Å². The molecule has 0 fully saturated rings. The van der Waals surface area contributed by atoms with Gasteiger partial charge in [-0.05, 0) is 48.8 Å². The average molecular weight is 280 g/mol. The number of hydrogen-bond donors (Lipinski definition) is 1. The summed E-state index contributed by atoms with van der Waals surface area (Å²) in [5.41, 5.74) is 1.23. The highest BCUT2D eigenvalue weighted by Crippen LogP contribution is 2.16. The van der Waals surface area contributed by atoms with Crippen LogP contribution in [0.2, 0.25) is 5.02 Å². The number of tetrazole rings is 1. The minimum absolute atomic E-state index is 0.424. The number of hydrogen-bond acceptors (Lipinski definition) is 4. The second kappa shape index (κ2) is 6.63. The summed E-state index contributed by atoms with van der Waals surface area (Å²) in [6, 6.07) is 7.98. The molecule has 2 rings (SSSR count). The fourth-order valence-electron chi connectivity index (χ4n) is 2.17. The maximum Gasteiger partial charge on any atom is 0.175 e. The summed E-state index contributed by atoms with van der Waals surface area (Å²) in [7, 11) is 3.73. The Kier molecular flexibility index (Phi) is 4.87. The molecule has 102 valence electrons. The Labute approximate surface area is 118 Å². The van der Waals surface area contributed by atoms with Crippen LogP contribution in [0.4, 0.5) is 0 Å². The van der Waals surface area contributed by atoms with Crippen LogP contribution < -0.4 is 5.32 Å². The van der Waals surface area contributed by atoms with Crippen molar-refractivity contribution in [1.29, 1.82) is 0 Å². The molecule has 0 saturated heterocycles. The van der Waals surface area contributed by atoms with E-state index in [0.717, 1.165) is 30.2 Å². The molecule has 1 aromatic carbocycles. The van der Waals surface area contributed by atoms with Gasteiger partial charge in [-0.15, -0.1) is 10.2 Å². The smallest absolute Gasteiger partial charge is 0.175 e. The first-order valence-electron chi connectivity index (χ1n) is 6.29. The third-order valence-electron chi connectivity index (χ3n) is 2.93. The molecule has 1 N–H and O–H groups in total. The van der Waals surface area contributed by atoms with Gasteiger partial charge in [0.15, 0.2) is 5.82 Å². The molecule has 0 spiro atoms. The molecule has 1 aromatic heterocycles. The molecular weight excluding hydrogens is 262 g/mol. The van der Waals surface area contributed by atoms with Crippen molar-refractivity contribution in [3.05, 3.63) is 40.7 Å². The first kappa shape index (κ1) is 14.0. The van der Waals surface area contributed by atoms with E-state index in [-0.39, 0.29) is 0 Å². The molecule has 6 heteroatoms. The van der Waals surface area contributed by atoms with Gasteiger partial charge in [0.2, 0.25) is 0 Å². The molecule has 0 bridgehead atoms. The van der Waals surface area contributed by atoms with Crippen molar-refractivity contribution in [2.45, 2.75) is 12.8 Å². The molecule has 0 saturated carbocycles. The van der Waals surface area contributed by atoms with Crippen LogP contribution in [0, 0.1) is 5.92 Å². The monoisotopic (exact) mass is 279 g/mol. The zero-order valence-corrected chi connectivity index (χ0v) is 11.9. The highest BCUT2D eigenvalue weighted by molar-refractivity contribution is 6.30. The predicted molar refractivity (Wildman–Crippen MR) is 75.1 cm³/mol. The number of nitrogens with zero attached hydrogens (tertiary/aromatic N) is 4. The lowest BCUT2D eigenvalue weighted by Gasteiger charge is -2.14. The van der Waals surface area contributed by atoms with Gasteiger partial charge < -0.3 is 5.32 Å². The molecule has 5 nitrogen and oxygen atoms in total. The van der Waals surface area contributed by atoms with E-state index in [0.29, 0.717) is 5.92 Å². The number of rotatable bonds is 6. The standard InChI is InChI=1S/C13H18ClN5/c1-15-9-11(8-13-16-18-19(2)17-13)6-10-4-3-5-12(14)7-10/h3-5,7,11,15H,6,8-9H2,1-2H3. The molecule has 19 heavy (non-hydrogen) atoms. The maximum absolute atomic E-state index is 6.02. The molecule has 1 heterocycles. The molecule has 1 unspecified atom stereocenters. The first-order chi connectivity index (χ1) is 9.17. The summed E-state index contributed by atoms with van der Waals surface area (Å²) in [5, 5.41) is 16.1. The molecule has 0 aliphatic heterocycles. The number of nitrogens with one attached hydrogen (secondary N) is 1. The van der Waals surface area contributed by atoms with Gasteiger partial charge in [0, 0.05) is 11.4 Å². The highest BCUT2D eigenvalue weighted by Gasteiger charge is 2.13. The Morgan fingerprint density at radius 3 is 2.84 bits per heavy atom. The zero-order valence-electron chi connectivity index (χ0n) is 11.2. The molecule has 0 amide bonds. The number of halogens is 1. The molecule has 0 aliphatic rings. The van der Waals surface area contributed by atoms with E-state index in [1.807, 2.05) is 25.2 Å². The van der Waals surface area contributed by atoms with Gasteiger partial charge >= 0.3 is 0 Å². The molecule has 0 radical (unpaired) electrons. The Balaban J connectivity index is 2.03. The van der Waals surface area contributed by atoms with Crippen LogP contribution in [0.25, 0.3) is 0 Å². The van der Waals surface area contributed by atoms with Crippen molar-refractivity contribution in [2.75, 3.05) is 13.6 Å². The minimum atomic E-state index is 0.424. The van der Waals surface area contributed by atoms with E-state index in [4.69, 9.17) is 11.6 Å². The van der Waals surface area contributed by atoms with E-state index in [2.05, 4.69) is 26.8 Å². The lowest BCUT2D eigenvalue weighted by molar-refractivity contribution is 0.481. The van der Waals surface area contributed by atoms with Crippen molar-refractivity contribution in [3.63, 3.8) is 0 Å². The summed E-state index contributed by atoms with van der Waals surface area (Å²) in [4.78, 5) is 1.49. The third kappa shape index (κ3) is 4.29. The van der Waals surface area contributed by atoms with Crippen LogP contribution in [0.5, 0.6) is 0 Å². The van der Waals surface area contributed by atoms with Gasteiger partial charge in [-0.2, -0.15) is 4.80 Å². The molecule has 2 aromatic rings. The number of aryl methyl sites for hydroxylation is 1. The van der Waals surface area contributed by atoms with Crippen LogP contribution in [0.1, 0.15) is 11.4 Å². The van der Waals surface area contributed by atoms with Crippen molar-refractivity contribution < 1.29 is 0 Å². The second-order valence-electron chi connectivity index (χ2n) is 4.66. The lowest BCUT2D eigenvalue weighted by atomic mass is 9.96. The van der Waals surface area contributed by atoms with E-state index in [9.17, 15) is 0 Å². The van der Waals surface area contributed by atoms with E-state index < -0.39 is 0 Å². The third-order valence-corrected chi connectivity index (χ3v) is 3.16. The van der Waals surface area contributed by atoms with Gasteiger partial charge in [0.25, 0.3) is 0 Å². The van der Waals surface area contributed by atoms with Crippen LogP contribution in [0.15, 0.2) is 24.3 Å². The van der Waals surface area contributed by atoms with Crippen molar-refractivity contribution in [2.24, 2.45) is 13.0 Å². The summed E-state index contributed by atoms with van der Waals surface area (Å²) < 4.78 is 0. The SMILES string of the molecule is CNCC(Cc1cccc(Cl)c1)Cc1nnn(C)n1. The lowest BCUT2D eigenvalue weighted by Crippen LogP contribution is -2.23. The van der Waals surface area contributed by atoms with Crippen molar-refractivity contribution >= 4 is 11.6 Å². The Hall–Kier alpha value is -1.46. The minimum Gasteiger partial charge on any atom is -0.319 e. The average Bonchev–Trinajstić information content (AvgIpc) is 2.75. The fraction of sp³-hybridized carbons (Fsp3) is 0.462. The summed E-state index contributed by atoms with van der Waals surface area (Å²) in [6.07, 6.45) is 1.75. The van der Waals surface area contributed by atoms with Crippen LogP contribution in [0.3, 0.4) is 0 Å². The van der Waals surface area contributed by atoms with Gasteiger partial charge in [-0.1, -0.05) is 23.7 Å². The van der Waals surface area contributed by atoms with E-state index in [1.54, 1.807) is 7.05 Å². The van der Waals surface area contributed by atoms with E-state index >= 15 is 0 Å². The van der Waals surface area contributed by atoms with Gasteiger partial charge in [0.1, 0.15) is 0 Å². The molecule has 0 aliphatic carbocycles. The van der Waals surface area contributed by atoms with Crippen LogP contribution in [-0.4, -0.2) is 33.8 Å². The Bertz CT molecular complexity index is 525. The maximum atomic E-state index is 6.02. The normalized spacial score (nSPS) is 12.6. The predicted octanol–water partition coefficient (Wildman–Crippen LogP) is 1.48. The first-order valence-corrected chi connectivity index (χ1v) is 6.67. The van der Waals surface area contributed by atoms with Gasteiger partial charge in [0.05, 0.1) is 7.05 Å². The van der Waals surface area contributed by atoms with E-state index in [1.165, 1.54) is 10.4 Å². The fourth-order valence-corrected chi connectivity index (χ4v) is 2.38. The summed E-state index contributed by atoms with van der Waals surface area (Å²) >= 11 is 6.02. The quantitative estimate of drug-likeness (QED) is 0.870. The second-order valence-corrected chi connectivity index (χ2v) is 5.09. The van der Waals surface area contributed by atoms with Gasteiger partial charge in [-0.3, -0.25) is 0 Å². The largest absolute Gasteiger partial charge is 0.319 e. The van der Waals surface area contributed by atoms with Crippen molar-refractivity contribution in [1.82, 2.24) is 25.5 Å². The Morgan fingerprint density at radius 2 is 2.21 bits per heavy atom. The Morgan fingerprint density at radius 1 is 1.37 bits per heavy atom. The summed E-state index contributed by atoms with van der Waals surface area (Å²) in [6.45, 7) is 0.908. The molecule has 1 atom stereocenters.